The van der Waals surface area contributed by atoms with Crippen LogP contribution >= 0.6 is 12.4 Å². The Bertz CT molecular complexity index is 760. The molecule has 2 rings (SSSR count). The van der Waals surface area contributed by atoms with Crippen LogP contribution in [0.1, 0.15) is 16.8 Å². The Kier molecular flexibility index (Phi) is 7.94. The van der Waals surface area contributed by atoms with Crippen molar-refractivity contribution in [3.8, 4) is 0 Å². The molecule has 0 radical (unpaired) electrons. The first-order valence-electron chi connectivity index (χ1n) is 7.43. The lowest BCUT2D eigenvalue weighted by Crippen LogP contribution is -2.39. The molecule has 0 bridgehead atoms. The Morgan fingerprint density at radius 3 is 2.62 bits per heavy atom. The van der Waals surface area contributed by atoms with Gasteiger partial charge >= 0.3 is 0 Å². The molecule has 1 aromatic heterocycles. The monoisotopic (exact) mass is 352 g/mol. The first-order valence-corrected chi connectivity index (χ1v) is 7.43. The van der Waals surface area contributed by atoms with Gasteiger partial charge in [-0.05, 0) is 32.1 Å². The molecule has 0 aliphatic carbocycles. The van der Waals surface area contributed by atoms with E-state index in [0.717, 1.165) is 13.0 Å². The molecule has 24 heavy (non-hydrogen) atoms. The maximum absolute atomic E-state index is 12.3. The van der Waals surface area contributed by atoms with Crippen LogP contribution in [-0.2, 0) is 4.79 Å². The van der Waals surface area contributed by atoms with Crippen molar-refractivity contribution in [3.63, 3.8) is 0 Å². The number of pyridine rings is 1. The van der Waals surface area contributed by atoms with Crippen LogP contribution in [0.15, 0.2) is 35.3 Å². The van der Waals surface area contributed by atoms with Gasteiger partial charge in [-0.15, -0.1) is 12.4 Å². The molecule has 0 saturated carbocycles. The minimum absolute atomic E-state index is 0. The van der Waals surface area contributed by atoms with Gasteiger partial charge in [0.15, 0.2) is 0 Å². The number of hydrogen-bond acceptors (Lipinski definition) is 4. The van der Waals surface area contributed by atoms with E-state index in [1.165, 1.54) is 6.20 Å². The van der Waals surface area contributed by atoms with Crippen molar-refractivity contribution in [2.45, 2.75) is 6.42 Å². The van der Waals surface area contributed by atoms with Gasteiger partial charge in [0.25, 0.3) is 5.91 Å². The predicted molar refractivity (Wildman–Crippen MR) is 95.7 cm³/mol. The molecule has 0 aliphatic heterocycles. The smallest absolute Gasteiger partial charge is 0.257 e. The highest BCUT2D eigenvalue weighted by molar-refractivity contribution is 5.98. The summed E-state index contributed by atoms with van der Waals surface area (Å²) in [5, 5.41) is 8.56. The van der Waals surface area contributed by atoms with Crippen LogP contribution in [-0.4, -0.2) is 43.5 Å². The highest BCUT2D eigenvalue weighted by atomic mass is 35.5. The zero-order valence-electron chi connectivity index (χ0n) is 13.3. The Labute approximate surface area is 145 Å². The van der Waals surface area contributed by atoms with Crippen molar-refractivity contribution in [3.05, 3.63) is 46.2 Å². The number of amides is 2. The molecule has 130 valence electrons. The molecule has 0 aliphatic rings. The fourth-order valence-corrected chi connectivity index (χ4v) is 2.15. The molecule has 2 aromatic rings. The van der Waals surface area contributed by atoms with Gasteiger partial charge in [-0.2, -0.15) is 0 Å². The van der Waals surface area contributed by atoms with Crippen LogP contribution in [0.3, 0.4) is 0 Å². The highest BCUT2D eigenvalue weighted by Gasteiger charge is 2.13. The summed E-state index contributed by atoms with van der Waals surface area (Å²) in [5.74, 6) is -0.853. The van der Waals surface area contributed by atoms with Gasteiger partial charge in [0.05, 0.1) is 6.54 Å². The Morgan fingerprint density at radius 1 is 1.12 bits per heavy atom. The van der Waals surface area contributed by atoms with E-state index in [1.54, 1.807) is 24.3 Å². The second-order valence-electron chi connectivity index (χ2n) is 5.07. The van der Waals surface area contributed by atoms with Gasteiger partial charge in [-0.1, -0.05) is 12.1 Å². The maximum atomic E-state index is 12.3. The van der Waals surface area contributed by atoms with E-state index in [0.29, 0.717) is 17.4 Å². The number of hydrogen-bond donors (Lipinski definition) is 4. The molecule has 2 amide bonds. The average Bonchev–Trinajstić information content (AvgIpc) is 2.57. The number of aromatic amines is 1. The summed E-state index contributed by atoms with van der Waals surface area (Å²) in [5.41, 5.74) is 0.300. The van der Waals surface area contributed by atoms with E-state index in [9.17, 15) is 14.4 Å². The third-order valence-electron chi connectivity index (χ3n) is 3.37. The van der Waals surface area contributed by atoms with E-state index < -0.39 is 5.91 Å². The summed E-state index contributed by atoms with van der Waals surface area (Å²) in [6, 6.07) is 6.95. The second kappa shape index (κ2) is 9.69. The molecule has 0 spiro atoms. The van der Waals surface area contributed by atoms with E-state index in [4.69, 9.17) is 0 Å². The van der Waals surface area contributed by atoms with Crippen molar-refractivity contribution in [1.29, 1.82) is 0 Å². The molecular formula is C16H21ClN4O3. The number of H-pyrrole nitrogens is 1. The lowest BCUT2D eigenvalue weighted by molar-refractivity contribution is -0.120. The van der Waals surface area contributed by atoms with Gasteiger partial charge in [-0.25, -0.2) is 0 Å². The number of halogens is 1. The van der Waals surface area contributed by atoms with Crippen LogP contribution < -0.4 is 21.4 Å². The average molecular weight is 353 g/mol. The Balaban J connectivity index is 0.00000288. The van der Waals surface area contributed by atoms with Crippen LogP contribution in [0, 0.1) is 0 Å². The third-order valence-corrected chi connectivity index (χ3v) is 3.37. The summed E-state index contributed by atoms with van der Waals surface area (Å²) >= 11 is 0. The minimum atomic E-state index is -0.567. The molecule has 0 saturated heterocycles. The minimum Gasteiger partial charge on any atom is -0.360 e. The first-order chi connectivity index (χ1) is 11.1. The fraction of sp³-hybridized carbons (Fsp3) is 0.312. The molecule has 7 nitrogen and oxygen atoms in total. The fourth-order valence-electron chi connectivity index (χ4n) is 2.15. The van der Waals surface area contributed by atoms with Gasteiger partial charge in [0, 0.05) is 23.6 Å². The number of benzene rings is 1. The summed E-state index contributed by atoms with van der Waals surface area (Å²) in [4.78, 5) is 38.9. The van der Waals surface area contributed by atoms with E-state index >= 15 is 0 Å². The number of rotatable bonds is 7. The zero-order chi connectivity index (χ0) is 16.7. The molecule has 4 N–H and O–H groups in total. The number of para-hydroxylation sites is 1. The topological polar surface area (TPSA) is 103 Å². The SMILES string of the molecule is CNCCCNC(=O)CNC(=O)c1c[nH]c2ccccc2c1=O.Cl. The number of carbonyl (C=O) groups excluding carboxylic acids is 2. The van der Waals surface area contributed by atoms with Gasteiger partial charge in [0.1, 0.15) is 5.56 Å². The summed E-state index contributed by atoms with van der Waals surface area (Å²) in [7, 11) is 1.84. The molecular weight excluding hydrogens is 332 g/mol. The number of fused-ring (bicyclic) bond motifs is 1. The maximum Gasteiger partial charge on any atom is 0.257 e. The Morgan fingerprint density at radius 2 is 1.88 bits per heavy atom. The van der Waals surface area contributed by atoms with Crippen molar-refractivity contribution in [2.75, 3.05) is 26.7 Å². The van der Waals surface area contributed by atoms with Gasteiger partial charge < -0.3 is 20.9 Å². The van der Waals surface area contributed by atoms with Crippen molar-refractivity contribution < 1.29 is 9.59 Å². The number of carbonyl (C=O) groups is 2. The zero-order valence-corrected chi connectivity index (χ0v) is 14.2. The predicted octanol–water partition coefficient (Wildman–Crippen LogP) is 0.405. The van der Waals surface area contributed by atoms with Crippen LogP contribution in [0.5, 0.6) is 0 Å². The normalized spacial score (nSPS) is 10.0. The quantitative estimate of drug-likeness (QED) is 0.542. The van der Waals surface area contributed by atoms with Crippen molar-refractivity contribution in [2.24, 2.45) is 0 Å². The summed E-state index contributed by atoms with van der Waals surface area (Å²) in [6.45, 7) is 1.18. The molecule has 0 fully saturated rings. The summed E-state index contributed by atoms with van der Waals surface area (Å²) < 4.78 is 0. The van der Waals surface area contributed by atoms with Crippen LogP contribution in [0.2, 0.25) is 0 Å². The molecule has 1 heterocycles. The molecule has 0 atom stereocenters. The molecule has 8 heteroatoms. The van der Waals surface area contributed by atoms with Crippen LogP contribution in [0.25, 0.3) is 10.9 Å². The number of aromatic nitrogens is 1. The van der Waals surface area contributed by atoms with Crippen molar-refractivity contribution in [1.82, 2.24) is 20.9 Å². The van der Waals surface area contributed by atoms with Crippen molar-refractivity contribution >= 4 is 35.1 Å². The van der Waals surface area contributed by atoms with E-state index in [-0.39, 0.29) is 35.9 Å². The first kappa shape index (κ1) is 19.7. The summed E-state index contributed by atoms with van der Waals surface area (Å²) in [6.07, 6.45) is 2.17. The van der Waals surface area contributed by atoms with Gasteiger partial charge in [-0.3, -0.25) is 14.4 Å². The van der Waals surface area contributed by atoms with E-state index in [2.05, 4.69) is 20.9 Å². The Hall–Kier alpha value is -2.38. The van der Waals surface area contributed by atoms with Crippen LogP contribution in [0.4, 0.5) is 0 Å². The second-order valence-corrected chi connectivity index (χ2v) is 5.07. The lowest BCUT2D eigenvalue weighted by Gasteiger charge is -2.07. The van der Waals surface area contributed by atoms with Gasteiger partial charge in [0.2, 0.25) is 11.3 Å². The van der Waals surface area contributed by atoms with E-state index in [1.807, 2.05) is 7.05 Å². The molecule has 0 unspecified atom stereocenters. The third kappa shape index (κ3) is 5.07. The lowest BCUT2D eigenvalue weighted by atomic mass is 10.1. The standard InChI is InChI=1S/C16H20N4O3.ClH/c1-17-7-4-8-18-14(21)10-20-16(23)12-9-19-13-6-3-2-5-11(13)15(12)22;/h2-3,5-6,9,17H,4,7-8,10H2,1H3,(H,18,21)(H,19,22)(H,20,23);1H. The number of nitrogens with one attached hydrogen (secondary N) is 4. The largest absolute Gasteiger partial charge is 0.360 e. The molecule has 1 aromatic carbocycles. The highest BCUT2D eigenvalue weighted by Crippen LogP contribution is 2.06.